The molecule has 0 amide bonds. The lowest BCUT2D eigenvalue weighted by atomic mass is 9.78. The highest BCUT2D eigenvalue weighted by Gasteiger charge is 2.22. The molecule has 0 fully saturated rings. The Kier molecular flexibility index (Phi) is 6.62. The van der Waals surface area contributed by atoms with E-state index in [-0.39, 0.29) is 28.0 Å². The number of rotatable bonds is 4. The zero-order valence-corrected chi connectivity index (χ0v) is 16.0. The molecular formula is C23H22O6. The third-order valence-corrected chi connectivity index (χ3v) is 4.53. The second kappa shape index (κ2) is 8.93. The molecule has 0 bridgehead atoms. The van der Waals surface area contributed by atoms with Crippen LogP contribution < -0.4 is 0 Å². The van der Waals surface area contributed by atoms with Gasteiger partial charge in [0.2, 0.25) is 0 Å². The zero-order valence-electron chi connectivity index (χ0n) is 16.0. The summed E-state index contributed by atoms with van der Waals surface area (Å²) in [6.45, 7) is 4.23. The highest BCUT2D eigenvalue weighted by atomic mass is 16.4. The van der Waals surface area contributed by atoms with E-state index >= 15 is 0 Å². The van der Waals surface area contributed by atoms with Gasteiger partial charge < -0.3 is 20.4 Å². The number of carbonyl (C=O) groups is 2. The van der Waals surface area contributed by atoms with Crippen molar-refractivity contribution in [3.63, 3.8) is 0 Å². The van der Waals surface area contributed by atoms with Crippen LogP contribution in [0.3, 0.4) is 0 Å². The smallest absolute Gasteiger partial charge is 0.335 e. The largest absolute Gasteiger partial charge is 0.508 e. The van der Waals surface area contributed by atoms with Gasteiger partial charge in [0.15, 0.2) is 0 Å². The Labute approximate surface area is 168 Å². The highest BCUT2D eigenvalue weighted by molar-refractivity contribution is 5.93. The van der Waals surface area contributed by atoms with Gasteiger partial charge in [0.1, 0.15) is 11.5 Å². The van der Waals surface area contributed by atoms with Gasteiger partial charge in [-0.05, 0) is 53.6 Å². The molecule has 0 saturated heterocycles. The third-order valence-electron chi connectivity index (χ3n) is 4.53. The number of aromatic carboxylic acids is 2. The van der Waals surface area contributed by atoms with E-state index in [2.05, 4.69) is 13.8 Å². The Morgan fingerprint density at radius 3 is 1.31 bits per heavy atom. The monoisotopic (exact) mass is 394 g/mol. The van der Waals surface area contributed by atoms with Crippen LogP contribution in [0.5, 0.6) is 11.5 Å². The predicted molar refractivity (Wildman–Crippen MR) is 109 cm³/mol. The van der Waals surface area contributed by atoms with Crippen molar-refractivity contribution in [1.82, 2.24) is 0 Å². The number of carboxylic acids is 2. The number of aromatic hydroxyl groups is 2. The molecule has 0 aliphatic rings. The summed E-state index contributed by atoms with van der Waals surface area (Å²) in [5, 5.41) is 35.6. The average molecular weight is 394 g/mol. The quantitative estimate of drug-likeness (QED) is 0.518. The zero-order chi connectivity index (χ0) is 21.6. The average Bonchev–Trinajstić information content (AvgIpc) is 2.69. The van der Waals surface area contributed by atoms with Gasteiger partial charge in [-0.25, -0.2) is 9.59 Å². The van der Waals surface area contributed by atoms with E-state index in [0.29, 0.717) is 0 Å². The van der Waals surface area contributed by atoms with Crippen molar-refractivity contribution in [3.8, 4) is 11.5 Å². The lowest BCUT2D eigenvalue weighted by Crippen LogP contribution is -2.18. The molecule has 3 rings (SSSR count). The van der Waals surface area contributed by atoms with Gasteiger partial charge in [-0.2, -0.15) is 0 Å². The maximum Gasteiger partial charge on any atom is 0.335 e. The minimum atomic E-state index is -1.13. The third kappa shape index (κ3) is 5.59. The Morgan fingerprint density at radius 1 is 0.655 bits per heavy atom. The molecule has 6 nitrogen and oxygen atoms in total. The molecule has 3 aromatic rings. The van der Waals surface area contributed by atoms with E-state index in [1.165, 1.54) is 18.2 Å². The van der Waals surface area contributed by atoms with Crippen LogP contribution in [0.1, 0.15) is 45.7 Å². The summed E-state index contributed by atoms with van der Waals surface area (Å²) in [6.07, 6.45) is 0. The molecule has 0 radical (unpaired) electrons. The fraction of sp³-hybridized carbons (Fsp3) is 0.130. The maximum absolute atomic E-state index is 10.4. The molecule has 3 aromatic carbocycles. The van der Waals surface area contributed by atoms with Crippen LogP contribution in [0.2, 0.25) is 0 Å². The number of hydrogen-bond acceptors (Lipinski definition) is 4. The first-order chi connectivity index (χ1) is 13.6. The minimum absolute atomic E-state index is 0.0186. The normalized spacial score (nSPS) is 10.6. The van der Waals surface area contributed by atoms with Crippen molar-refractivity contribution < 1.29 is 30.0 Å². The van der Waals surface area contributed by atoms with E-state index in [9.17, 15) is 19.8 Å². The summed E-state index contributed by atoms with van der Waals surface area (Å²) < 4.78 is 0. The molecule has 0 aliphatic carbocycles. The number of carboxylic acid groups (broad SMARTS) is 2. The molecule has 0 saturated carbocycles. The molecule has 0 heterocycles. The summed E-state index contributed by atoms with van der Waals surface area (Å²) >= 11 is 0. The molecular weight excluding hydrogens is 372 g/mol. The van der Waals surface area contributed by atoms with E-state index < -0.39 is 11.9 Å². The molecule has 0 unspecified atom stereocenters. The van der Waals surface area contributed by atoms with Gasteiger partial charge >= 0.3 is 11.9 Å². The predicted octanol–water partition coefficient (Wildman–Crippen LogP) is 4.51. The van der Waals surface area contributed by atoms with E-state index in [1.807, 2.05) is 24.3 Å². The van der Waals surface area contributed by atoms with Crippen LogP contribution in [-0.2, 0) is 5.41 Å². The lowest BCUT2D eigenvalue weighted by molar-refractivity contribution is 0.0696. The first kappa shape index (κ1) is 21.5. The van der Waals surface area contributed by atoms with E-state index in [4.69, 9.17) is 10.2 Å². The van der Waals surface area contributed by atoms with Gasteiger partial charge in [0.05, 0.1) is 11.1 Å². The maximum atomic E-state index is 10.4. The number of phenolic OH excluding ortho intramolecular Hbond substituents is 2. The molecule has 0 aromatic heterocycles. The van der Waals surface area contributed by atoms with Gasteiger partial charge in [0.25, 0.3) is 0 Å². The molecule has 0 spiro atoms. The number of benzene rings is 3. The molecule has 6 heteroatoms. The number of phenols is 2. The standard InChI is InChI=1S/C15H16O2.C8H6O4/c1-15(2,11-3-7-13(16)8-4-11)12-5-9-14(17)10-6-12;9-7(10)5-2-1-3-6(4-5)8(11)12/h3-10,16-17H,1-2H3;1-4H,(H,9,10)(H,11,12). The summed E-state index contributed by atoms with van der Waals surface area (Å²) in [5.74, 6) is -1.71. The fourth-order valence-electron chi connectivity index (χ4n) is 2.71. The summed E-state index contributed by atoms with van der Waals surface area (Å²) in [7, 11) is 0. The lowest BCUT2D eigenvalue weighted by Gasteiger charge is -2.26. The highest BCUT2D eigenvalue weighted by Crippen LogP contribution is 2.32. The minimum Gasteiger partial charge on any atom is -0.508 e. The Morgan fingerprint density at radius 2 is 1.00 bits per heavy atom. The van der Waals surface area contributed by atoms with Crippen molar-refractivity contribution in [2.24, 2.45) is 0 Å². The summed E-state index contributed by atoms with van der Waals surface area (Å²) in [4.78, 5) is 20.8. The van der Waals surface area contributed by atoms with Crippen molar-refractivity contribution >= 4 is 11.9 Å². The Hall–Kier alpha value is -3.80. The molecule has 0 atom stereocenters. The van der Waals surface area contributed by atoms with Crippen molar-refractivity contribution in [3.05, 3.63) is 95.1 Å². The first-order valence-corrected chi connectivity index (χ1v) is 8.77. The van der Waals surface area contributed by atoms with Crippen molar-refractivity contribution in [2.45, 2.75) is 19.3 Å². The fourth-order valence-corrected chi connectivity index (χ4v) is 2.71. The summed E-state index contributed by atoms with van der Waals surface area (Å²) in [5.41, 5.74) is 2.06. The van der Waals surface area contributed by atoms with Gasteiger partial charge in [0, 0.05) is 5.41 Å². The van der Waals surface area contributed by atoms with E-state index in [0.717, 1.165) is 17.2 Å². The van der Waals surface area contributed by atoms with Crippen LogP contribution in [0.15, 0.2) is 72.8 Å². The van der Waals surface area contributed by atoms with Crippen LogP contribution in [0.4, 0.5) is 0 Å². The second-order valence-electron chi connectivity index (χ2n) is 6.91. The van der Waals surface area contributed by atoms with Crippen LogP contribution >= 0.6 is 0 Å². The van der Waals surface area contributed by atoms with Gasteiger partial charge in [-0.15, -0.1) is 0 Å². The summed E-state index contributed by atoms with van der Waals surface area (Å²) in [6, 6.07) is 19.6. The molecule has 29 heavy (non-hydrogen) atoms. The number of hydrogen-bond donors (Lipinski definition) is 4. The molecule has 4 N–H and O–H groups in total. The Balaban J connectivity index is 0.000000221. The van der Waals surface area contributed by atoms with Crippen molar-refractivity contribution in [1.29, 1.82) is 0 Å². The van der Waals surface area contributed by atoms with Gasteiger partial charge in [-0.1, -0.05) is 44.2 Å². The van der Waals surface area contributed by atoms with Crippen LogP contribution in [-0.4, -0.2) is 32.4 Å². The molecule has 150 valence electrons. The van der Waals surface area contributed by atoms with Crippen LogP contribution in [0, 0.1) is 0 Å². The SMILES string of the molecule is CC(C)(c1ccc(O)cc1)c1ccc(O)cc1.O=C(O)c1cccc(C(=O)O)c1. The topological polar surface area (TPSA) is 115 Å². The van der Waals surface area contributed by atoms with Crippen LogP contribution in [0.25, 0.3) is 0 Å². The van der Waals surface area contributed by atoms with Crippen molar-refractivity contribution in [2.75, 3.05) is 0 Å². The molecule has 0 aliphatic heterocycles. The second-order valence-corrected chi connectivity index (χ2v) is 6.91. The first-order valence-electron chi connectivity index (χ1n) is 8.77. The van der Waals surface area contributed by atoms with E-state index in [1.54, 1.807) is 24.3 Å². The Bertz CT molecular complexity index is 912. The van der Waals surface area contributed by atoms with Gasteiger partial charge in [-0.3, -0.25) is 0 Å².